The fourth-order valence-electron chi connectivity index (χ4n) is 3.12. The molecular formula is C23H21N5O6S. The second-order valence-corrected chi connectivity index (χ2v) is 9.17. The van der Waals surface area contributed by atoms with Gasteiger partial charge in [-0.15, -0.1) is 0 Å². The fraction of sp³-hybridized carbons (Fsp3) is 0.174. The maximum Gasteiger partial charge on any atom is 0.359 e. The number of ether oxygens (including phenoxy) is 1. The molecule has 2 aromatic heterocycles. The lowest BCUT2D eigenvalue weighted by Crippen LogP contribution is -2.32. The van der Waals surface area contributed by atoms with Gasteiger partial charge in [-0.05, 0) is 49.7 Å². The van der Waals surface area contributed by atoms with Gasteiger partial charge in [-0.3, -0.25) is 14.5 Å². The van der Waals surface area contributed by atoms with Crippen molar-refractivity contribution in [2.24, 2.45) is 0 Å². The summed E-state index contributed by atoms with van der Waals surface area (Å²) in [6, 6.07) is 14.0. The summed E-state index contributed by atoms with van der Waals surface area (Å²) in [6.45, 7) is 3.33. The van der Waals surface area contributed by atoms with E-state index in [0.717, 1.165) is 0 Å². The molecule has 180 valence electrons. The van der Waals surface area contributed by atoms with Gasteiger partial charge in [-0.1, -0.05) is 24.2 Å². The van der Waals surface area contributed by atoms with Gasteiger partial charge in [0.25, 0.3) is 15.9 Å². The van der Waals surface area contributed by atoms with E-state index < -0.39 is 28.0 Å². The van der Waals surface area contributed by atoms with Crippen LogP contribution in [0.25, 0.3) is 11.0 Å². The zero-order valence-corrected chi connectivity index (χ0v) is 19.6. The maximum atomic E-state index is 12.7. The minimum atomic E-state index is -3.90. The number of carbonyl (C=O) groups excluding carboxylic acids is 2. The Morgan fingerprint density at radius 3 is 2.46 bits per heavy atom. The Bertz CT molecular complexity index is 1480. The normalized spacial score (nSPS) is 12.2. The molecule has 0 radical (unpaired) electrons. The molecule has 1 atom stereocenters. The second-order valence-electron chi connectivity index (χ2n) is 7.49. The lowest BCUT2D eigenvalue weighted by atomic mass is 10.2. The predicted molar refractivity (Wildman–Crippen MR) is 126 cm³/mol. The number of para-hydroxylation sites is 2. The number of fused-ring (bicyclic) bond motifs is 1. The summed E-state index contributed by atoms with van der Waals surface area (Å²) in [4.78, 5) is 33.6. The minimum Gasteiger partial charge on any atom is -0.447 e. The zero-order valence-electron chi connectivity index (χ0n) is 18.8. The molecule has 35 heavy (non-hydrogen) atoms. The van der Waals surface area contributed by atoms with Crippen molar-refractivity contribution in [3.63, 3.8) is 0 Å². The summed E-state index contributed by atoms with van der Waals surface area (Å²) in [6.07, 6.45) is 0.422. The first kappa shape index (κ1) is 23.8. The van der Waals surface area contributed by atoms with Gasteiger partial charge < -0.3 is 14.6 Å². The molecule has 0 spiro atoms. The third kappa shape index (κ3) is 5.61. The molecule has 0 aliphatic rings. The van der Waals surface area contributed by atoms with Gasteiger partial charge in [-0.25, -0.2) is 18.2 Å². The first-order valence-electron chi connectivity index (χ1n) is 10.5. The number of benzene rings is 2. The molecule has 12 heteroatoms. The Labute approximate surface area is 200 Å². The highest BCUT2D eigenvalue weighted by Crippen LogP contribution is 2.19. The molecule has 11 nitrogen and oxygen atoms in total. The van der Waals surface area contributed by atoms with Crippen LogP contribution in [0.15, 0.2) is 70.2 Å². The molecular weight excluding hydrogens is 474 g/mol. The van der Waals surface area contributed by atoms with Crippen LogP contribution in [0, 0.1) is 6.92 Å². The number of esters is 1. The molecule has 1 amide bonds. The average Bonchev–Trinajstić information content (AvgIpc) is 3.25. The van der Waals surface area contributed by atoms with Gasteiger partial charge in [0.15, 0.2) is 17.6 Å². The summed E-state index contributed by atoms with van der Waals surface area (Å²) in [5.41, 5.74) is 1.47. The first-order chi connectivity index (χ1) is 16.7. The molecule has 4 rings (SSSR count). The molecule has 2 heterocycles. The zero-order chi connectivity index (χ0) is 25.0. The number of sulfonamides is 1. The van der Waals surface area contributed by atoms with Crippen LogP contribution in [0.3, 0.4) is 0 Å². The number of hydrogen-bond acceptors (Lipinski definition) is 9. The van der Waals surface area contributed by atoms with Crippen molar-refractivity contribution >= 4 is 44.4 Å². The van der Waals surface area contributed by atoms with Crippen LogP contribution < -0.4 is 10.0 Å². The molecule has 0 saturated carbocycles. The number of aryl methyl sites for hydroxylation is 1. The number of aromatic nitrogens is 3. The van der Waals surface area contributed by atoms with Crippen LogP contribution in [-0.4, -0.2) is 41.5 Å². The number of nitrogens with zero attached hydrogens (tertiary/aromatic N) is 3. The van der Waals surface area contributed by atoms with Crippen molar-refractivity contribution in [1.29, 1.82) is 0 Å². The van der Waals surface area contributed by atoms with Gasteiger partial charge in [0.2, 0.25) is 0 Å². The minimum absolute atomic E-state index is 0.0145. The smallest absolute Gasteiger partial charge is 0.359 e. The lowest BCUT2D eigenvalue weighted by molar-refractivity contribution is -0.124. The molecule has 2 aromatic carbocycles. The van der Waals surface area contributed by atoms with E-state index in [4.69, 9.17) is 9.26 Å². The predicted octanol–water partition coefficient (Wildman–Crippen LogP) is 3.30. The van der Waals surface area contributed by atoms with Crippen molar-refractivity contribution in [2.75, 3.05) is 10.0 Å². The number of anilines is 2. The van der Waals surface area contributed by atoms with Gasteiger partial charge in [0, 0.05) is 11.8 Å². The van der Waals surface area contributed by atoms with Crippen LogP contribution in [0.1, 0.15) is 29.6 Å². The second kappa shape index (κ2) is 9.89. The van der Waals surface area contributed by atoms with Crippen molar-refractivity contribution in [3.05, 3.63) is 72.2 Å². The van der Waals surface area contributed by atoms with Crippen LogP contribution in [0.5, 0.6) is 0 Å². The topological polar surface area (TPSA) is 153 Å². The summed E-state index contributed by atoms with van der Waals surface area (Å²) < 4.78 is 37.5. The highest BCUT2D eigenvalue weighted by molar-refractivity contribution is 7.92. The Morgan fingerprint density at radius 1 is 1.09 bits per heavy atom. The number of hydrogen-bond donors (Lipinski definition) is 2. The van der Waals surface area contributed by atoms with E-state index in [2.05, 4.69) is 25.2 Å². The molecule has 0 aliphatic carbocycles. The lowest BCUT2D eigenvalue weighted by Gasteiger charge is -2.16. The first-order valence-corrected chi connectivity index (χ1v) is 12.0. The highest BCUT2D eigenvalue weighted by atomic mass is 32.2. The Balaban J connectivity index is 1.40. The molecule has 0 bridgehead atoms. The number of nitrogens with one attached hydrogen (secondary N) is 2. The van der Waals surface area contributed by atoms with E-state index in [-0.39, 0.29) is 22.8 Å². The molecule has 0 aliphatic heterocycles. The number of rotatable bonds is 8. The van der Waals surface area contributed by atoms with Gasteiger partial charge in [0.1, 0.15) is 5.76 Å². The number of amides is 1. The Morgan fingerprint density at radius 2 is 1.80 bits per heavy atom. The van der Waals surface area contributed by atoms with Gasteiger partial charge >= 0.3 is 5.97 Å². The summed E-state index contributed by atoms with van der Waals surface area (Å²) >= 11 is 0. The van der Waals surface area contributed by atoms with Gasteiger partial charge in [0.05, 0.1) is 22.1 Å². The third-order valence-electron chi connectivity index (χ3n) is 4.87. The molecule has 2 N–H and O–H groups in total. The summed E-state index contributed by atoms with van der Waals surface area (Å²) in [7, 11) is -3.90. The Hall–Kier alpha value is -4.32. The van der Waals surface area contributed by atoms with Crippen molar-refractivity contribution in [1.82, 2.24) is 15.1 Å². The van der Waals surface area contributed by atoms with Crippen molar-refractivity contribution < 1.29 is 27.3 Å². The van der Waals surface area contributed by atoms with E-state index in [0.29, 0.717) is 22.5 Å². The van der Waals surface area contributed by atoms with E-state index in [9.17, 15) is 18.0 Å². The fourth-order valence-corrected chi connectivity index (χ4v) is 4.10. The summed E-state index contributed by atoms with van der Waals surface area (Å²) in [5.74, 6) is -0.828. The number of carbonyl (C=O) groups is 2. The van der Waals surface area contributed by atoms with Crippen LogP contribution in [-0.2, 0) is 19.6 Å². The molecule has 4 aromatic rings. The van der Waals surface area contributed by atoms with E-state index in [1.807, 2.05) is 6.07 Å². The summed E-state index contributed by atoms with van der Waals surface area (Å²) in [5, 5.41) is 6.22. The largest absolute Gasteiger partial charge is 0.447 e. The van der Waals surface area contributed by atoms with Crippen LogP contribution >= 0.6 is 0 Å². The van der Waals surface area contributed by atoms with Crippen LogP contribution in [0.2, 0.25) is 0 Å². The monoisotopic (exact) mass is 495 g/mol. The maximum absolute atomic E-state index is 12.7. The molecule has 1 unspecified atom stereocenters. The van der Waals surface area contributed by atoms with Crippen molar-refractivity contribution in [3.8, 4) is 0 Å². The molecule has 0 saturated heterocycles. The van der Waals surface area contributed by atoms with E-state index in [1.165, 1.54) is 36.5 Å². The van der Waals surface area contributed by atoms with E-state index in [1.54, 1.807) is 32.0 Å². The molecule has 0 fully saturated rings. The SMILES string of the molecule is CCC(OC(=O)c1cnc2ccccc2n1)C(=O)Nc1ccc(S(=O)(=O)Nc2cc(C)on2)cc1. The average molecular weight is 496 g/mol. The van der Waals surface area contributed by atoms with Gasteiger partial charge in [-0.2, -0.15) is 0 Å². The highest BCUT2D eigenvalue weighted by Gasteiger charge is 2.24. The van der Waals surface area contributed by atoms with E-state index >= 15 is 0 Å². The Kier molecular flexibility index (Phi) is 6.73. The standard InChI is InChI=1S/C23H21N5O6S/c1-3-20(33-23(30)19-13-24-17-6-4-5-7-18(17)26-19)22(29)25-15-8-10-16(11-9-15)35(31,32)28-21-12-14(2)34-27-21/h4-13,20H,3H2,1-2H3,(H,25,29)(H,27,28). The van der Waals surface area contributed by atoms with Crippen molar-refractivity contribution in [2.45, 2.75) is 31.3 Å². The third-order valence-corrected chi connectivity index (χ3v) is 6.24. The quantitative estimate of drug-likeness (QED) is 0.350. The van der Waals surface area contributed by atoms with Crippen LogP contribution in [0.4, 0.5) is 11.5 Å².